The second-order valence-corrected chi connectivity index (χ2v) is 7.18. The second kappa shape index (κ2) is 5.31. The smallest absolute Gasteiger partial charge is 0.307 e. The van der Waals surface area contributed by atoms with Crippen LogP contribution < -0.4 is 5.32 Å². The highest BCUT2D eigenvalue weighted by molar-refractivity contribution is 7.90. The molecule has 0 aliphatic carbocycles. The molecule has 1 aliphatic heterocycles. The number of aliphatic carboxylic acids is 1. The quantitative estimate of drug-likeness (QED) is 0.884. The number of halogens is 2. The molecule has 1 aromatic carbocycles. The zero-order chi connectivity index (χ0) is 15.1. The largest absolute Gasteiger partial charge is 0.481 e. The van der Waals surface area contributed by atoms with Gasteiger partial charge in [0.2, 0.25) is 0 Å². The molecule has 0 aromatic heterocycles. The van der Waals surface area contributed by atoms with Crippen molar-refractivity contribution in [2.75, 3.05) is 12.8 Å². The average molecular weight is 322 g/mol. The number of nitrogens with one attached hydrogen (secondary N) is 1. The van der Waals surface area contributed by atoms with Crippen molar-refractivity contribution in [1.29, 1.82) is 0 Å². The topological polar surface area (TPSA) is 83.5 Å². The predicted octanol–water partition coefficient (Wildman–Crippen LogP) is 1.62. The molecule has 20 heavy (non-hydrogen) atoms. The van der Waals surface area contributed by atoms with E-state index in [4.69, 9.17) is 16.7 Å². The number of sulfone groups is 1. The SMILES string of the molecule is CS(=O)(=O)c1c(F)cc(C2CC(C(=O)O)CN2)cc1Cl. The van der Waals surface area contributed by atoms with E-state index < -0.39 is 32.4 Å². The molecule has 2 rings (SSSR count). The fraction of sp³-hybridized carbons (Fsp3) is 0.417. The molecule has 1 aliphatic rings. The third-order valence-electron chi connectivity index (χ3n) is 3.27. The van der Waals surface area contributed by atoms with Crippen LogP contribution in [0.1, 0.15) is 18.0 Å². The Balaban J connectivity index is 2.35. The average Bonchev–Trinajstić information content (AvgIpc) is 2.74. The predicted molar refractivity (Wildman–Crippen MR) is 71.0 cm³/mol. The first-order valence-corrected chi connectivity index (χ1v) is 8.12. The molecular weight excluding hydrogens is 309 g/mol. The maximum Gasteiger partial charge on any atom is 0.307 e. The summed E-state index contributed by atoms with van der Waals surface area (Å²) in [5.74, 6) is -2.38. The number of hydrogen-bond donors (Lipinski definition) is 2. The highest BCUT2D eigenvalue weighted by atomic mass is 35.5. The van der Waals surface area contributed by atoms with Gasteiger partial charge in [0.05, 0.1) is 10.9 Å². The second-order valence-electron chi connectivity index (χ2n) is 4.82. The Bertz CT molecular complexity index is 638. The third-order valence-corrected chi connectivity index (χ3v) is 4.84. The van der Waals surface area contributed by atoms with E-state index in [0.717, 1.165) is 12.3 Å². The summed E-state index contributed by atoms with van der Waals surface area (Å²) in [6, 6.07) is 2.10. The van der Waals surface area contributed by atoms with Crippen LogP contribution in [0.3, 0.4) is 0 Å². The van der Waals surface area contributed by atoms with Crippen LogP contribution in [0.5, 0.6) is 0 Å². The van der Waals surface area contributed by atoms with E-state index in [9.17, 15) is 17.6 Å². The van der Waals surface area contributed by atoms with E-state index >= 15 is 0 Å². The van der Waals surface area contributed by atoms with Crippen LogP contribution in [-0.4, -0.2) is 32.3 Å². The summed E-state index contributed by atoms with van der Waals surface area (Å²) in [5, 5.41) is 11.7. The van der Waals surface area contributed by atoms with Crippen molar-refractivity contribution in [3.05, 3.63) is 28.5 Å². The van der Waals surface area contributed by atoms with Gasteiger partial charge in [-0.2, -0.15) is 0 Å². The zero-order valence-electron chi connectivity index (χ0n) is 10.6. The van der Waals surface area contributed by atoms with Crippen molar-refractivity contribution < 1.29 is 22.7 Å². The Morgan fingerprint density at radius 3 is 2.60 bits per heavy atom. The Labute approximate surface area is 120 Å². The van der Waals surface area contributed by atoms with Crippen molar-refractivity contribution in [2.24, 2.45) is 5.92 Å². The Kier molecular flexibility index (Phi) is 4.04. The molecule has 110 valence electrons. The van der Waals surface area contributed by atoms with E-state index in [1.807, 2.05) is 0 Å². The normalized spacial score (nSPS) is 22.9. The van der Waals surface area contributed by atoms with Gasteiger partial charge >= 0.3 is 5.97 Å². The van der Waals surface area contributed by atoms with Crippen molar-refractivity contribution in [3.8, 4) is 0 Å². The summed E-state index contributed by atoms with van der Waals surface area (Å²) in [5.41, 5.74) is 0.448. The molecule has 2 N–H and O–H groups in total. The lowest BCUT2D eigenvalue weighted by atomic mass is 10.00. The van der Waals surface area contributed by atoms with E-state index in [1.165, 1.54) is 6.07 Å². The Morgan fingerprint density at radius 1 is 1.50 bits per heavy atom. The first kappa shape index (κ1) is 15.2. The zero-order valence-corrected chi connectivity index (χ0v) is 12.1. The lowest BCUT2D eigenvalue weighted by Gasteiger charge is -2.13. The fourth-order valence-corrected chi connectivity index (χ4v) is 3.78. The van der Waals surface area contributed by atoms with Crippen molar-refractivity contribution >= 4 is 27.4 Å². The van der Waals surface area contributed by atoms with Crippen molar-refractivity contribution in [3.63, 3.8) is 0 Å². The van der Waals surface area contributed by atoms with Crippen LogP contribution in [0.4, 0.5) is 4.39 Å². The van der Waals surface area contributed by atoms with Crippen LogP contribution in [0.25, 0.3) is 0 Å². The molecule has 1 heterocycles. The molecule has 0 amide bonds. The van der Waals surface area contributed by atoms with E-state index in [0.29, 0.717) is 12.0 Å². The summed E-state index contributed by atoms with van der Waals surface area (Å²) in [6.07, 6.45) is 1.19. The number of carboxylic acid groups (broad SMARTS) is 1. The maximum absolute atomic E-state index is 13.9. The number of carbonyl (C=O) groups is 1. The summed E-state index contributed by atoms with van der Waals surface area (Å²) < 4.78 is 36.8. The van der Waals surface area contributed by atoms with Gasteiger partial charge in [-0.1, -0.05) is 11.6 Å². The fourth-order valence-electron chi connectivity index (χ4n) is 2.31. The number of hydrogen-bond acceptors (Lipinski definition) is 4. The lowest BCUT2D eigenvalue weighted by molar-refractivity contribution is -0.141. The molecule has 1 aromatic rings. The summed E-state index contributed by atoms with van der Waals surface area (Å²) in [6.45, 7) is 0.285. The molecule has 0 radical (unpaired) electrons. The summed E-state index contributed by atoms with van der Waals surface area (Å²) in [7, 11) is -3.75. The standard InChI is InChI=1S/C12H13ClFNO4S/c1-20(18,19)11-8(13)2-6(3-9(11)14)10-4-7(5-15-10)12(16)17/h2-3,7,10,15H,4-5H2,1H3,(H,16,17). The highest BCUT2D eigenvalue weighted by Crippen LogP contribution is 2.33. The summed E-state index contributed by atoms with van der Waals surface area (Å²) >= 11 is 5.83. The van der Waals surface area contributed by atoms with Crippen LogP contribution in [-0.2, 0) is 14.6 Å². The molecule has 0 saturated carbocycles. The maximum atomic E-state index is 13.9. The van der Waals surface area contributed by atoms with Gasteiger partial charge in [0.25, 0.3) is 0 Å². The minimum absolute atomic E-state index is 0.192. The van der Waals surface area contributed by atoms with E-state index in [1.54, 1.807) is 0 Å². The van der Waals surface area contributed by atoms with Gasteiger partial charge in [-0.05, 0) is 24.1 Å². The van der Waals surface area contributed by atoms with E-state index in [-0.39, 0.29) is 17.6 Å². The van der Waals surface area contributed by atoms with E-state index in [2.05, 4.69) is 5.32 Å². The first-order chi connectivity index (χ1) is 9.20. The number of carboxylic acids is 1. The highest BCUT2D eigenvalue weighted by Gasteiger charge is 2.31. The molecule has 0 spiro atoms. The van der Waals surface area contributed by atoms with Crippen molar-refractivity contribution in [2.45, 2.75) is 17.4 Å². The molecule has 1 fully saturated rings. The monoisotopic (exact) mass is 321 g/mol. The van der Waals surface area contributed by atoms with Gasteiger partial charge < -0.3 is 10.4 Å². The first-order valence-electron chi connectivity index (χ1n) is 5.85. The van der Waals surface area contributed by atoms with Crippen LogP contribution in [0.15, 0.2) is 17.0 Å². The van der Waals surface area contributed by atoms with Crippen LogP contribution in [0, 0.1) is 11.7 Å². The molecule has 0 bridgehead atoms. The van der Waals surface area contributed by atoms with Gasteiger partial charge in [-0.3, -0.25) is 4.79 Å². The Hall–Kier alpha value is -1.18. The Morgan fingerprint density at radius 2 is 2.15 bits per heavy atom. The molecule has 2 unspecified atom stereocenters. The minimum atomic E-state index is -3.75. The molecular formula is C12H13ClFNO4S. The van der Waals surface area contributed by atoms with Gasteiger partial charge in [-0.15, -0.1) is 0 Å². The molecule has 8 heteroatoms. The van der Waals surface area contributed by atoms with Crippen LogP contribution >= 0.6 is 11.6 Å². The molecule has 5 nitrogen and oxygen atoms in total. The van der Waals surface area contributed by atoms with Crippen LogP contribution in [0.2, 0.25) is 5.02 Å². The number of benzene rings is 1. The van der Waals surface area contributed by atoms with Gasteiger partial charge in [0.1, 0.15) is 10.7 Å². The van der Waals surface area contributed by atoms with Gasteiger partial charge in [0, 0.05) is 18.8 Å². The number of rotatable bonds is 3. The lowest BCUT2D eigenvalue weighted by Crippen LogP contribution is -2.17. The minimum Gasteiger partial charge on any atom is -0.481 e. The van der Waals surface area contributed by atoms with Gasteiger partial charge in [0.15, 0.2) is 9.84 Å². The molecule has 1 saturated heterocycles. The third kappa shape index (κ3) is 2.94. The molecule has 2 atom stereocenters. The van der Waals surface area contributed by atoms with Gasteiger partial charge in [-0.25, -0.2) is 12.8 Å². The summed E-state index contributed by atoms with van der Waals surface area (Å²) in [4.78, 5) is 10.3. The van der Waals surface area contributed by atoms with Crippen molar-refractivity contribution in [1.82, 2.24) is 5.32 Å².